The van der Waals surface area contributed by atoms with E-state index < -0.39 is 10.0 Å². The molecule has 2 rings (SSSR count). The predicted octanol–water partition coefficient (Wildman–Crippen LogP) is 2.83. The van der Waals surface area contributed by atoms with E-state index in [0.717, 1.165) is 17.5 Å². The molecule has 5 heteroatoms. The van der Waals surface area contributed by atoms with E-state index in [0.29, 0.717) is 11.4 Å². The number of aryl methyl sites for hydroxylation is 1. The van der Waals surface area contributed by atoms with E-state index in [4.69, 9.17) is 0 Å². The zero-order valence-corrected chi connectivity index (χ0v) is 14.7. The summed E-state index contributed by atoms with van der Waals surface area (Å²) in [7, 11) is 0.307. The molecule has 0 amide bonds. The Hall–Kier alpha value is -1.69. The van der Waals surface area contributed by atoms with Gasteiger partial charge in [0.1, 0.15) is 0 Å². The van der Waals surface area contributed by atoms with Crippen LogP contribution in [-0.2, 0) is 16.4 Å². The molecular weight excluding hydrogens is 308 g/mol. The van der Waals surface area contributed by atoms with Crippen LogP contribution in [0.1, 0.15) is 24.1 Å². The Balaban J connectivity index is 2.26. The summed E-state index contributed by atoms with van der Waals surface area (Å²) in [6.45, 7) is 2.64. The van der Waals surface area contributed by atoms with E-state index in [1.807, 2.05) is 68.4 Å². The maximum Gasteiger partial charge on any atom is 0.241 e. The normalized spacial score (nSPS) is 13.2. The highest BCUT2D eigenvalue weighted by molar-refractivity contribution is 7.89. The van der Waals surface area contributed by atoms with Crippen LogP contribution in [-0.4, -0.2) is 34.0 Å². The van der Waals surface area contributed by atoms with Crippen LogP contribution in [0.25, 0.3) is 0 Å². The van der Waals surface area contributed by atoms with Crippen molar-refractivity contribution in [3.63, 3.8) is 0 Å². The Morgan fingerprint density at radius 3 is 2.13 bits per heavy atom. The number of hydrogen-bond donors (Lipinski definition) is 1. The molecule has 0 fully saturated rings. The van der Waals surface area contributed by atoms with Gasteiger partial charge in [-0.1, -0.05) is 49.4 Å². The lowest BCUT2D eigenvalue weighted by Crippen LogP contribution is -2.35. The van der Waals surface area contributed by atoms with Gasteiger partial charge in [0.15, 0.2) is 0 Å². The summed E-state index contributed by atoms with van der Waals surface area (Å²) in [4.78, 5) is 2.27. The van der Waals surface area contributed by atoms with Gasteiger partial charge in [0.25, 0.3) is 0 Å². The second-order valence-corrected chi connectivity index (χ2v) is 7.56. The molecule has 23 heavy (non-hydrogen) atoms. The average Bonchev–Trinajstić information content (AvgIpc) is 2.54. The second-order valence-electron chi connectivity index (χ2n) is 5.84. The first-order valence-corrected chi connectivity index (χ1v) is 9.21. The van der Waals surface area contributed by atoms with Gasteiger partial charge in [-0.25, -0.2) is 13.1 Å². The highest BCUT2D eigenvalue weighted by atomic mass is 32.2. The lowest BCUT2D eigenvalue weighted by molar-refractivity contribution is 0.363. The quantitative estimate of drug-likeness (QED) is 0.848. The van der Waals surface area contributed by atoms with Crippen LogP contribution in [0, 0.1) is 0 Å². The molecule has 1 N–H and O–H groups in total. The number of nitrogens with zero attached hydrogens (tertiary/aromatic N) is 1. The Kier molecular flexibility index (Phi) is 5.93. The van der Waals surface area contributed by atoms with Gasteiger partial charge in [-0.2, -0.15) is 0 Å². The van der Waals surface area contributed by atoms with E-state index in [9.17, 15) is 8.42 Å². The summed E-state index contributed by atoms with van der Waals surface area (Å²) >= 11 is 0. The number of sulfonamides is 1. The molecule has 0 bridgehead atoms. The predicted molar refractivity (Wildman–Crippen MR) is 93.9 cm³/mol. The van der Waals surface area contributed by atoms with Gasteiger partial charge in [-0.15, -0.1) is 0 Å². The monoisotopic (exact) mass is 332 g/mol. The van der Waals surface area contributed by atoms with Gasteiger partial charge in [-0.3, -0.25) is 0 Å². The summed E-state index contributed by atoms with van der Waals surface area (Å²) in [6, 6.07) is 16.4. The van der Waals surface area contributed by atoms with Crippen LogP contribution >= 0.6 is 0 Å². The van der Waals surface area contributed by atoms with E-state index in [2.05, 4.69) is 4.72 Å². The third-order valence-corrected chi connectivity index (χ3v) is 5.18. The molecule has 0 aliphatic rings. The third-order valence-electron chi connectivity index (χ3n) is 3.69. The molecule has 2 aromatic rings. The van der Waals surface area contributed by atoms with E-state index in [1.165, 1.54) is 0 Å². The van der Waals surface area contributed by atoms with E-state index in [1.54, 1.807) is 12.1 Å². The first-order valence-electron chi connectivity index (χ1n) is 7.73. The molecule has 124 valence electrons. The highest BCUT2D eigenvalue weighted by Gasteiger charge is 2.21. The van der Waals surface area contributed by atoms with Crippen LogP contribution in [0.15, 0.2) is 59.5 Å². The van der Waals surface area contributed by atoms with Gasteiger partial charge in [0.05, 0.1) is 10.9 Å². The number of nitrogens with one attached hydrogen (secondary N) is 1. The van der Waals surface area contributed by atoms with Crippen molar-refractivity contribution in [1.82, 2.24) is 9.62 Å². The molecule has 2 aromatic carbocycles. The fraction of sp³-hybridized carbons (Fsp3) is 0.333. The smallest absolute Gasteiger partial charge is 0.241 e. The minimum atomic E-state index is -3.55. The Labute approximate surface area is 139 Å². The van der Waals surface area contributed by atoms with Gasteiger partial charge in [0, 0.05) is 6.54 Å². The molecule has 0 spiro atoms. The minimum absolute atomic E-state index is 0.290. The molecule has 0 aromatic heterocycles. The summed E-state index contributed by atoms with van der Waals surface area (Å²) in [5, 5.41) is 0. The lowest BCUT2D eigenvalue weighted by atomic mass is 10.1. The summed E-state index contributed by atoms with van der Waals surface area (Å²) in [6.07, 6.45) is 0.890. The maximum atomic E-state index is 12.7. The highest BCUT2D eigenvalue weighted by Crippen LogP contribution is 2.18. The average molecular weight is 332 g/mol. The second kappa shape index (κ2) is 7.73. The molecule has 0 saturated heterocycles. The molecule has 4 nitrogen and oxygen atoms in total. The molecule has 0 radical (unpaired) electrons. The van der Waals surface area contributed by atoms with Crippen LogP contribution < -0.4 is 4.72 Å². The maximum absolute atomic E-state index is 12.7. The van der Waals surface area contributed by atoms with E-state index in [-0.39, 0.29) is 6.04 Å². The van der Waals surface area contributed by atoms with Gasteiger partial charge in [0.2, 0.25) is 10.0 Å². The van der Waals surface area contributed by atoms with Crippen LogP contribution in [0.3, 0.4) is 0 Å². The molecular formula is C18H24N2O2S. The van der Waals surface area contributed by atoms with Crippen LogP contribution in [0.5, 0.6) is 0 Å². The minimum Gasteiger partial charge on any atom is -0.307 e. The zero-order chi connectivity index (χ0) is 16.9. The molecule has 0 saturated carbocycles. The van der Waals surface area contributed by atoms with Crippen molar-refractivity contribution in [3.8, 4) is 0 Å². The van der Waals surface area contributed by atoms with Gasteiger partial charge < -0.3 is 4.90 Å². The summed E-state index contributed by atoms with van der Waals surface area (Å²) < 4.78 is 28.2. The third kappa shape index (κ3) is 4.89. The number of likely N-dealkylation sites (N-methyl/N-ethyl adjacent to an activating group) is 1. The van der Waals surface area contributed by atoms with Crippen molar-refractivity contribution in [3.05, 3.63) is 65.7 Å². The molecule has 0 aliphatic carbocycles. The Bertz CT molecular complexity index is 710. The zero-order valence-electron chi connectivity index (χ0n) is 13.9. The number of hydrogen-bond acceptors (Lipinski definition) is 3. The van der Waals surface area contributed by atoms with Crippen molar-refractivity contribution in [2.75, 3.05) is 20.6 Å². The summed E-state index contributed by atoms with van der Waals surface area (Å²) in [5.41, 5.74) is 2.08. The molecule has 1 unspecified atom stereocenters. The van der Waals surface area contributed by atoms with Crippen molar-refractivity contribution >= 4 is 10.0 Å². The lowest BCUT2D eigenvalue weighted by Gasteiger charge is -2.22. The van der Waals surface area contributed by atoms with Crippen LogP contribution in [0.2, 0.25) is 0 Å². The largest absolute Gasteiger partial charge is 0.307 e. The first kappa shape index (κ1) is 17.7. The SMILES string of the molecule is CCc1ccc(S(=O)(=O)NC(CN(C)C)c2ccccc2)cc1. The Morgan fingerprint density at radius 1 is 1.00 bits per heavy atom. The number of rotatable bonds is 7. The van der Waals surface area contributed by atoms with Gasteiger partial charge in [-0.05, 0) is 43.8 Å². The Morgan fingerprint density at radius 2 is 1.61 bits per heavy atom. The van der Waals surface area contributed by atoms with Crippen molar-refractivity contribution in [2.45, 2.75) is 24.3 Å². The topological polar surface area (TPSA) is 49.4 Å². The fourth-order valence-corrected chi connectivity index (χ4v) is 3.64. The molecule has 0 heterocycles. The molecule has 1 atom stereocenters. The van der Waals surface area contributed by atoms with Crippen LogP contribution in [0.4, 0.5) is 0 Å². The standard InChI is InChI=1S/C18H24N2O2S/c1-4-15-10-12-17(13-11-15)23(21,22)19-18(14-20(2)3)16-8-6-5-7-9-16/h5-13,18-19H,4,14H2,1-3H3. The van der Waals surface area contributed by atoms with E-state index >= 15 is 0 Å². The fourth-order valence-electron chi connectivity index (χ4n) is 2.42. The van der Waals surface area contributed by atoms with Crippen molar-refractivity contribution in [2.24, 2.45) is 0 Å². The van der Waals surface area contributed by atoms with Crippen molar-refractivity contribution < 1.29 is 8.42 Å². The summed E-state index contributed by atoms with van der Waals surface area (Å²) in [5.74, 6) is 0. The van der Waals surface area contributed by atoms with Crippen molar-refractivity contribution in [1.29, 1.82) is 0 Å². The molecule has 0 aliphatic heterocycles. The number of benzene rings is 2. The van der Waals surface area contributed by atoms with Gasteiger partial charge >= 0.3 is 0 Å². The first-order chi connectivity index (χ1) is 10.9.